The van der Waals surface area contributed by atoms with Crippen LogP contribution < -0.4 is 9.47 Å². The van der Waals surface area contributed by atoms with Crippen LogP contribution in [-0.2, 0) is 6.42 Å². The van der Waals surface area contributed by atoms with Crippen molar-refractivity contribution in [1.82, 2.24) is 0 Å². The summed E-state index contributed by atoms with van der Waals surface area (Å²) in [4.78, 5) is 10.7. The molecule has 2 aromatic rings. The third-order valence-corrected chi connectivity index (χ3v) is 3.85. The molecular weight excluding hydrogens is 320 g/mol. The average molecular weight is 333 g/mol. The van der Waals surface area contributed by atoms with Crippen molar-refractivity contribution in [1.29, 1.82) is 0 Å². The minimum absolute atomic E-state index is 0.0325. The highest BCUT2D eigenvalue weighted by Gasteiger charge is 2.23. The maximum Gasteiger partial charge on any atom is 0.150 e. The largest absolute Gasteiger partial charge is 0.489 e. The molecule has 0 radical (unpaired) electrons. The number of carbonyl (C=O) groups excluding carboxylic acids is 1. The van der Waals surface area contributed by atoms with E-state index in [1.165, 1.54) is 5.56 Å². The molecule has 102 valence electrons. The molecule has 3 nitrogen and oxygen atoms in total. The highest BCUT2D eigenvalue weighted by Crippen LogP contribution is 2.30. The Morgan fingerprint density at radius 3 is 2.90 bits per heavy atom. The number of halogens is 1. The minimum Gasteiger partial charge on any atom is -0.489 e. The lowest BCUT2D eigenvalue weighted by molar-refractivity contribution is 0.112. The molecule has 2 aromatic carbocycles. The minimum atomic E-state index is 0.0325. The molecule has 1 aliphatic rings. The number of rotatable bonds is 4. The Morgan fingerprint density at radius 2 is 2.15 bits per heavy atom. The summed E-state index contributed by atoms with van der Waals surface area (Å²) >= 11 is 3.40. The normalized spacial score (nSPS) is 16.4. The molecule has 0 saturated heterocycles. The van der Waals surface area contributed by atoms with Gasteiger partial charge in [0.25, 0.3) is 0 Å². The number of aldehydes is 1. The van der Waals surface area contributed by atoms with Crippen LogP contribution in [0.15, 0.2) is 46.9 Å². The molecule has 0 aromatic heterocycles. The number of carbonyl (C=O) groups is 1. The molecule has 4 heteroatoms. The molecule has 1 unspecified atom stereocenters. The van der Waals surface area contributed by atoms with Crippen LogP contribution >= 0.6 is 15.9 Å². The monoisotopic (exact) mass is 332 g/mol. The van der Waals surface area contributed by atoms with Gasteiger partial charge in [0.15, 0.2) is 0 Å². The molecule has 1 heterocycles. The van der Waals surface area contributed by atoms with Gasteiger partial charge in [-0.05, 0) is 45.8 Å². The third kappa shape index (κ3) is 2.70. The molecule has 20 heavy (non-hydrogen) atoms. The Morgan fingerprint density at radius 1 is 1.30 bits per heavy atom. The van der Waals surface area contributed by atoms with Gasteiger partial charge >= 0.3 is 0 Å². The SMILES string of the molecule is O=Cc1ccc(OCC2Cc3ccccc3O2)c(Br)c1. The summed E-state index contributed by atoms with van der Waals surface area (Å²) in [6.07, 6.45) is 1.70. The van der Waals surface area contributed by atoms with Gasteiger partial charge in [0, 0.05) is 12.0 Å². The molecule has 0 N–H and O–H groups in total. The van der Waals surface area contributed by atoms with Crippen molar-refractivity contribution in [2.45, 2.75) is 12.5 Å². The molecule has 3 rings (SSSR count). The lowest BCUT2D eigenvalue weighted by Crippen LogP contribution is -2.22. The Bertz CT molecular complexity index is 614. The van der Waals surface area contributed by atoms with Gasteiger partial charge < -0.3 is 9.47 Å². The lowest BCUT2D eigenvalue weighted by atomic mass is 10.1. The smallest absolute Gasteiger partial charge is 0.150 e. The highest BCUT2D eigenvalue weighted by molar-refractivity contribution is 9.10. The van der Waals surface area contributed by atoms with E-state index in [2.05, 4.69) is 22.0 Å². The van der Waals surface area contributed by atoms with E-state index in [-0.39, 0.29) is 6.10 Å². The van der Waals surface area contributed by atoms with Crippen molar-refractivity contribution >= 4 is 22.2 Å². The summed E-state index contributed by atoms with van der Waals surface area (Å²) in [5.41, 5.74) is 1.84. The predicted molar refractivity (Wildman–Crippen MR) is 79.6 cm³/mol. The van der Waals surface area contributed by atoms with E-state index in [1.807, 2.05) is 18.2 Å². The van der Waals surface area contributed by atoms with Gasteiger partial charge in [0.2, 0.25) is 0 Å². The summed E-state index contributed by atoms with van der Waals surface area (Å²) in [5, 5.41) is 0. The number of hydrogen-bond donors (Lipinski definition) is 0. The molecular formula is C16H13BrO3. The lowest BCUT2D eigenvalue weighted by Gasteiger charge is -2.13. The van der Waals surface area contributed by atoms with Crippen LogP contribution in [0.3, 0.4) is 0 Å². The van der Waals surface area contributed by atoms with Gasteiger partial charge in [-0.2, -0.15) is 0 Å². The van der Waals surface area contributed by atoms with Crippen molar-refractivity contribution in [3.05, 3.63) is 58.1 Å². The van der Waals surface area contributed by atoms with E-state index in [1.54, 1.807) is 18.2 Å². The Labute approximate surface area is 125 Å². The van der Waals surface area contributed by atoms with E-state index in [9.17, 15) is 4.79 Å². The Balaban J connectivity index is 1.63. The summed E-state index contributed by atoms with van der Waals surface area (Å²) in [7, 11) is 0. The summed E-state index contributed by atoms with van der Waals surface area (Å²) in [6, 6.07) is 13.3. The van der Waals surface area contributed by atoms with Crippen LogP contribution in [0.5, 0.6) is 11.5 Å². The van der Waals surface area contributed by atoms with Crippen LogP contribution in [0.2, 0.25) is 0 Å². The van der Waals surface area contributed by atoms with Crippen LogP contribution in [0.25, 0.3) is 0 Å². The maximum atomic E-state index is 10.7. The van der Waals surface area contributed by atoms with Crippen molar-refractivity contribution in [3.8, 4) is 11.5 Å². The van der Waals surface area contributed by atoms with Gasteiger partial charge in [0.1, 0.15) is 30.5 Å². The third-order valence-electron chi connectivity index (χ3n) is 3.23. The molecule has 1 atom stereocenters. The van der Waals surface area contributed by atoms with Crippen LogP contribution in [-0.4, -0.2) is 19.0 Å². The van der Waals surface area contributed by atoms with E-state index in [4.69, 9.17) is 9.47 Å². The molecule has 1 aliphatic heterocycles. The average Bonchev–Trinajstić information content (AvgIpc) is 2.88. The number of para-hydroxylation sites is 1. The molecule has 0 saturated carbocycles. The summed E-state index contributed by atoms with van der Waals surface area (Å²) in [5.74, 6) is 1.66. The first-order chi connectivity index (χ1) is 9.76. The zero-order chi connectivity index (χ0) is 13.9. The molecule has 0 spiro atoms. The first kappa shape index (κ1) is 13.2. The first-order valence-electron chi connectivity index (χ1n) is 6.38. The quantitative estimate of drug-likeness (QED) is 0.802. The van der Waals surface area contributed by atoms with E-state index in [0.717, 1.165) is 28.7 Å². The number of fused-ring (bicyclic) bond motifs is 1. The van der Waals surface area contributed by atoms with E-state index < -0.39 is 0 Å². The van der Waals surface area contributed by atoms with E-state index in [0.29, 0.717) is 12.2 Å². The predicted octanol–water partition coefficient (Wildman–Crippen LogP) is 3.64. The Kier molecular flexibility index (Phi) is 3.74. The topological polar surface area (TPSA) is 35.5 Å². The molecule has 0 fully saturated rings. The standard InChI is InChI=1S/C16H13BrO3/c17-14-7-11(9-18)5-6-16(14)19-10-13-8-12-3-1-2-4-15(12)20-13/h1-7,9,13H,8,10H2. The highest BCUT2D eigenvalue weighted by atomic mass is 79.9. The van der Waals surface area contributed by atoms with E-state index >= 15 is 0 Å². The second-order valence-electron chi connectivity index (χ2n) is 4.67. The summed E-state index contributed by atoms with van der Waals surface area (Å²) in [6.45, 7) is 0.480. The fourth-order valence-electron chi connectivity index (χ4n) is 2.24. The fourth-order valence-corrected chi connectivity index (χ4v) is 2.75. The fraction of sp³-hybridized carbons (Fsp3) is 0.188. The van der Waals surface area contributed by atoms with Gasteiger partial charge in [-0.3, -0.25) is 4.79 Å². The number of hydrogen-bond acceptors (Lipinski definition) is 3. The molecule has 0 aliphatic carbocycles. The molecule has 0 bridgehead atoms. The van der Waals surface area contributed by atoms with Gasteiger partial charge in [-0.25, -0.2) is 0 Å². The van der Waals surface area contributed by atoms with Gasteiger partial charge in [0.05, 0.1) is 4.47 Å². The number of ether oxygens (including phenoxy) is 2. The van der Waals surface area contributed by atoms with Gasteiger partial charge in [-0.15, -0.1) is 0 Å². The van der Waals surface area contributed by atoms with Crippen molar-refractivity contribution in [2.24, 2.45) is 0 Å². The summed E-state index contributed by atoms with van der Waals surface area (Å²) < 4.78 is 12.4. The second-order valence-corrected chi connectivity index (χ2v) is 5.52. The maximum absolute atomic E-state index is 10.7. The Hall–Kier alpha value is -1.81. The van der Waals surface area contributed by atoms with Gasteiger partial charge in [-0.1, -0.05) is 18.2 Å². The van der Waals surface area contributed by atoms with Crippen molar-refractivity contribution < 1.29 is 14.3 Å². The zero-order valence-electron chi connectivity index (χ0n) is 10.7. The van der Waals surface area contributed by atoms with Crippen molar-refractivity contribution in [2.75, 3.05) is 6.61 Å². The number of benzene rings is 2. The van der Waals surface area contributed by atoms with Crippen molar-refractivity contribution in [3.63, 3.8) is 0 Å². The second kappa shape index (κ2) is 5.67. The zero-order valence-corrected chi connectivity index (χ0v) is 12.3. The van der Waals surface area contributed by atoms with Crippen LogP contribution in [0.4, 0.5) is 0 Å². The first-order valence-corrected chi connectivity index (χ1v) is 7.17. The molecule has 0 amide bonds. The van der Waals surface area contributed by atoms with Crippen LogP contribution in [0, 0.1) is 0 Å². The van der Waals surface area contributed by atoms with Crippen LogP contribution in [0.1, 0.15) is 15.9 Å².